The molecule has 58 heavy (non-hydrogen) atoms. The summed E-state index contributed by atoms with van der Waals surface area (Å²) in [5, 5.41) is 0. The number of methoxy groups -OCH3 is 4. The van der Waals surface area contributed by atoms with Crippen LogP contribution >= 0.6 is 0 Å². The number of aldehydes is 1. The van der Waals surface area contributed by atoms with Crippen molar-refractivity contribution in [2.24, 2.45) is 0 Å². The zero-order chi connectivity index (χ0) is 39.8. The van der Waals surface area contributed by atoms with Crippen LogP contribution in [0.1, 0.15) is 22.8 Å². The average Bonchev–Trinajstić information content (AvgIpc) is 4.12. The number of hydrogen-bond acceptors (Lipinski definition) is 7. The van der Waals surface area contributed by atoms with Gasteiger partial charge in [0.05, 0.1) is 51.2 Å². The van der Waals surface area contributed by atoms with Crippen LogP contribution < -0.4 is 18.9 Å². The van der Waals surface area contributed by atoms with Crippen LogP contribution in [0.4, 0.5) is 0 Å². The van der Waals surface area contributed by atoms with Gasteiger partial charge in [0.2, 0.25) is 0 Å². The molecule has 284 valence electrons. The highest BCUT2D eigenvalue weighted by molar-refractivity contribution is 6.18. The summed E-state index contributed by atoms with van der Waals surface area (Å²) in [7, 11) is 6.60. The standard InChI is InChI=1S/C49H38N4O5/c1-55-34-13-5-29(6-14-34)45-38-21-22-39(50-38)46(30-7-15-35(56-2)16-8-30)41-25-26-43(52-41)48(32-11-19-37(58-4)20-12-32)49-33(28-54)27-44(53-49)47(42-24-23-40(45)51-42)31-9-17-36(57-3)18-10-31/h5-28,51-52H,1-4H3. The summed E-state index contributed by atoms with van der Waals surface area (Å²) in [5.74, 6) is 2.95. The van der Waals surface area contributed by atoms with E-state index in [9.17, 15) is 4.79 Å². The van der Waals surface area contributed by atoms with E-state index in [1.54, 1.807) is 28.4 Å². The molecule has 0 spiro atoms. The molecule has 9 nitrogen and oxygen atoms in total. The molecular formula is C49H38N4O5. The van der Waals surface area contributed by atoms with Gasteiger partial charge in [-0.05, 0) is 113 Å². The number of hydrogen-bond donors (Lipinski definition) is 2. The molecule has 2 aliphatic heterocycles. The Bertz CT molecular complexity index is 2920. The lowest BCUT2D eigenvalue weighted by molar-refractivity contribution is -0.103. The summed E-state index contributed by atoms with van der Waals surface area (Å²) >= 11 is 0. The minimum absolute atomic E-state index is 0.450. The van der Waals surface area contributed by atoms with Crippen LogP contribution in [0.5, 0.6) is 23.0 Å². The van der Waals surface area contributed by atoms with Crippen LogP contribution in [0.3, 0.4) is 0 Å². The number of benzene rings is 4. The monoisotopic (exact) mass is 762 g/mol. The maximum Gasteiger partial charge on any atom is 0.152 e. The van der Waals surface area contributed by atoms with Crippen molar-refractivity contribution >= 4 is 52.2 Å². The fourth-order valence-corrected chi connectivity index (χ4v) is 7.64. The summed E-state index contributed by atoms with van der Waals surface area (Å²) in [6.07, 6.45) is 6.85. The predicted octanol–water partition coefficient (Wildman–Crippen LogP) is 10.9. The van der Waals surface area contributed by atoms with Crippen molar-refractivity contribution in [1.29, 1.82) is 0 Å². The number of rotatable bonds is 9. The van der Waals surface area contributed by atoms with E-state index in [0.29, 0.717) is 22.7 Å². The van der Waals surface area contributed by atoms with Gasteiger partial charge in [-0.25, -0.2) is 9.97 Å². The molecule has 0 aliphatic carbocycles. The molecule has 4 aromatic carbocycles. The van der Waals surface area contributed by atoms with Crippen LogP contribution in [0.15, 0.2) is 121 Å². The second-order valence-electron chi connectivity index (χ2n) is 13.8. The molecule has 0 saturated carbocycles. The molecule has 2 aliphatic rings. The van der Waals surface area contributed by atoms with Gasteiger partial charge in [-0.3, -0.25) is 4.79 Å². The molecule has 0 saturated heterocycles. The predicted molar refractivity (Wildman–Crippen MR) is 232 cm³/mol. The maximum absolute atomic E-state index is 13.1. The lowest BCUT2D eigenvalue weighted by atomic mass is 10.00. The number of fused-ring (bicyclic) bond motifs is 8. The van der Waals surface area contributed by atoms with E-state index in [4.69, 9.17) is 28.9 Å². The highest BCUT2D eigenvalue weighted by atomic mass is 16.5. The van der Waals surface area contributed by atoms with E-state index in [2.05, 4.69) is 40.3 Å². The molecule has 5 heterocycles. The Labute approximate surface area is 334 Å². The average molecular weight is 763 g/mol. The zero-order valence-corrected chi connectivity index (χ0v) is 32.3. The van der Waals surface area contributed by atoms with Crippen molar-refractivity contribution in [1.82, 2.24) is 19.9 Å². The van der Waals surface area contributed by atoms with Gasteiger partial charge in [0.1, 0.15) is 23.0 Å². The van der Waals surface area contributed by atoms with Crippen LogP contribution in [0.2, 0.25) is 0 Å². The summed E-state index contributed by atoms with van der Waals surface area (Å²) in [5.41, 5.74) is 13.5. The van der Waals surface area contributed by atoms with E-state index >= 15 is 0 Å². The largest absolute Gasteiger partial charge is 0.497 e. The van der Waals surface area contributed by atoms with Crippen molar-refractivity contribution in [3.05, 3.63) is 144 Å². The Balaban J connectivity index is 1.47. The number of nitrogens with zero attached hydrogens (tertiary/aromatic N) is 2. The van der Waals surface area contributed by atoms with Crippen molar-refractivity contribution in [2.45, 2.75) is 0 Å². The number of carbonyl (C=O) groups is 1. The van der Waals surface area contributed by atoms with Gasteiger partial charge >= 0.3 is 0 Å². The zero-order valence-electron chi connectivity index (χ0n) is 32.3. The van der Waals surface area contributed by atoms with E-state index in [1.807, 2.05) is 109 Å². The Morgan fingerprint density at radius 1 is 0.414 bits per heavy atom. The highest BCUT2D eigenvalue weighted by Crippen LogP contribution is 2.40. The number of ether oxygens (including phenoxy) is 4. The number of H-pyrrole nitrogens is 2. The van der Waals surface area contributed by atoms with E-state index < -0.39 is 0 Å². The van der Waals surface area contributed by atoms with Crippen LogP contribution in [0, 0.1) is 0 Å². The fourth-order valence-electron chi connectivity index (χ4n) is 7.64. The minimum atomic E-state index is 0.450. The third-order valence-corrected chi connectivity index (χ3v) is 10.5. The second kappa shape index (κ2) is 15.1. The van der Waals surface area contributed by atoms with E-state index in [0.717, 1.165) is 101 Å². The SMILES string of the molecule is COc1ccc(-c2c3nc(c(-c4ccc(OC)cc4)c4ccc([nH]4)c(-c4ccc(OC)cc4)c4nc(c(-c5ccc(OC)cc5)c5ccc2[nH]5)C=C4C=O)C=C3)cc1. The first-order valence-corrected chi connectivity index (χ1v) is 18.7. The van der Waals surface area contributed by atoms with Gasteiger partial charge in [-0.15, -0.1) is 0 Å². The fraction of sp³-hybridized carbons (Fsp3) is 0.0816. The topological polar surface area (TPSA) is 111 Å². The van der Waals surface area contributed by atoms with Gasteiger partial charge in [-0.1, -0.05) is 48.5 Å². The lowest BCUT2D eigenvalue weighted by Gasteiger charge is -2.08. The van der Waals surface area contributed by atoms with Gasteiger partial charge in [0.15, 0.2) is 6.29 Å². The molecule has 9 heteroatoms. The number of aromatic nitrogens is 4. The molecule has 0 unspecified atom stereocenters. The molecule has 9 rings (SSSR count). The maximum atomic E-state index is 13.1. The Kier molecular flexibility index (Phi) is 9.39. The van der Waals surface area contributed by atoms with Crippen molar-refractivity contribution in [2.75, 3.05) is 28.4 Å². The Hall–Kier alpha value is -7.65. The highest BCUT2D eigenvalue weighted by Gasteiger charge is 2.22. The van der Waals surface area contributed by atoms with Gasteiger partial charge < -0.3 is 28.9 Å². The number of allylic oxidation sites excluding steroid dienone is 1. The first kappa shape index (κ1) is 36.0. The molecule has 0 radical (unpaired) electrons. The lowest BCUT2D eigenvalue weighted by Crippen LogP contribution is -1.92. The Morgan fingerprint density at radius 2 is 0.741 bits per heavy atom. The van der Waals surface area contributed by atoms with Gasteiger partial charge in [-0.2, -0.15) is 0 Å². The molecule has 2 N–H and O–H groups in total. The summed E-state index contributed by atoms with van der Waals surface area (Å²) in [6, 6.07) is 39.8. The number of nitrogens with one attached hydrogen (secondary N) is 2. The van der Waals surface area contributed by atoms with Crippen molar-refractivity contribution in [3.8, 4) is 67.5 Å². The normalized spacial score (nSPS) is 11.9. The minimum Gasteiger partial charge on any atom is -0.497 e. The molecular weight excluding hydrogens is 725 g/mol. The third-order valence-electron chi connectivity index (χ3n) is 10.5. The van der Waals surface area contributed by atoms with Gasteiger partial charge in [0.25, 0.3) is 0 Å². The summed E-state index contributed by atoms with van der Waals surface area (Å²) in [4.78, 5) is 31.3. The molecule has 0 amide bonds. The second-order valence-corrected chi connectivity index (χ2v) is 13.8. The van der Waals surface area contributed by atoms with Crippen LogP contribution in [-0.2, 0) is 4.79 Å². The first-order chi connectivity index (χ1) is 28.5. The van der Waals surface area contributed by atoms with E-state index in [-0.39, 0.29) is 0 Å². The quantitative estimate of drug-likeness (QED) is 0.141. The Morgan fingerprint density at radius 3 is 1.09 bits per heavy atom. The molecule has 0 fully saturated rings. The molecule has 3 aromatic heterocycles. The number of aromatic amines is 2. The van der Waals surface area contributed by atoms with E-state index in [1.165, 1.54) is 0 Å². The third kappa shape index (κ3) is 6.48. The van der Waals surface area contributed by atoms with Crippen molar-refractivity contribution < 1.29 is 23.7 Å². The molecule has 7 aromatic rings. The number of carbonyl (C=O) groups excluding carboxylic acids is 1. The molecule has 0 atom stereocenters. The molecule has 8 bridgehead atoms. The van der Waals surface area contributed by atoms with Crippen molar-refractivity contribution in [3.63, 3.8) is 0 Å². The van der Waals surface area contributed by atoms with Crippen LogP contribution in [0.25, 0.3) is 90.4 Å². The summed E-state index contributed by atoms with van der Waals surface area (Å²) in [6.45, 7) is 0. The smallest absolute Gasteiger partial charge is 0.152 e. The first-order valence-electron chi connectivity index (χ1n) is 18.7. The van der Waals surface area contributed by atoms with Gasteiger partial charge in [0, 0.05) is 49.9 Å². The van der Waals surface area contributed by atoms with Crippen LogP contribution in [-0.4, -0.2) is 54.7 Å². The summed E-state index contributed by atoms with van der Waals surface area (Å²) < 4.78 is 22.1.